The van der Waals surface area contributed by atoms with Gasteiger partial charge >= 0.3 is 0 Å². The molecule has 4 heteroatoms. The van der Waals surface area contributed by atoms with Gasteiger partial charge in [0, 0.05) is 20.9 Å². The molecule has 4 aliphatic carbocycles. The fraction of sp³-hybridized carbons (Fsp3) is 0. The topological polar surface area (TPSA) is 95.4 Å². The van der Waals surface area contributed by atoms with Gasteiger partial charge in [0.2, 0.25) is 0 Å². The van der Waals surface area contributed by atoms with Crippen LogP contribution in [0.15, 0.2) is 48.5 Å². The van der Waals surface area contributed by atoms with Gasteiger partial charge in [-0.1, -0.05) is 24.3 Å². The number of hydrogen-bond donors (Lipinski definition) is 4. The fourth-order valence-corrected chi connectivity index (χ4v) is 3.89. The molecule has 0 fully saturated rings. The van der Waals surface area contributed by atoms with E-state index in [4.69, 9.17) is 21.6 Å². The third-order valence-corrected chi connectivity index (χ3v) is 4.90. The highest BCUT2D eigenvalue weighted by molar-refractivity contribution is 6.00. The third kappa shape index (κ3) is 1.38. The van der Waals surface area contributed by atoms with Crippen molar-refractivity contribution in [2.75, 3.05) is 0 Å². The van der Waals surface area contributed by atoms with E-state index in [1.807, 2.05) is 24.3 Å². The van der Waals surface area contributed by atoms with Crippen LogP contribution in [0.5, 0.6) is 0 Å². The van der Waals surface area contributed by atoms with Gasteiger partial charge in [-0.15, -0.1) is 0 Å². The summed E-state index contributed by atoms with van der Waals surface area (Å²) >= 11 is 0. The molecule has 0 spiro atoms. The first-order valence-electron chi connectivity index (χ1n) is 7.64. The number of rotatable bonds is 0. The molecule has 0 radical (unpaired) electrons. The predicted octanol–water partition coefficient (Wildman–Crippen LogP) is 1.67. The van der Waals surface area contributed by atoms with Crippen molar-refractivity contribution in [2.45, 2.75) is 0 Å². The van der Waals surface area contributed by atoms with E-state index in [0.717, 1.165) is 32.0 Å². The molecule has 0 heterocycles. The number of benzene rings is 1. The van der Waals surface area contributed by atoms with Gasteiger partial charge in [-0.3, -0.25) is 0 Å². The maximum absolute atomic E-state index is 8.22. The number of fused-ring (bicyclic) bond motifs is 2. The SMILES string of the molecule is N=c1ccc2c3c(ccc(=N)c1=3)c1ccc(=N)c3c(=N)ccc2c1=3. The monoisotopic (exact) mass is 308 g/mol. The smallest absolute Gasteiger partial charge is 0.0640 e. The molecular weight excluding hydrogens is 296 g/mol. The van der Waals surface area contributed by atoms with Gasteiger partial charge in [0.15, 0.2) is 0 Å². The summed E-state index contributed by atoms with van der Waals surface area (Å²) in [6.07, 6.45) is 0. The zero-order valence-corrected chi connectivity index (χ0v) is 12.6. The second-order valence-corrected chi connectivity index (χ2v) is 6.14. The molecule has 0 amide bonds. The van der Waals surface area contributed by atoms with E-state index in [1.54, 1.807) is 24.3 Å². The maximum Gasteiger partial charge on any atom is 0.0640 e. The van der Waals surface area contributed by atoms with E-state index in [-0.39, 0.29) is 0 Å². The molecule has 1 aromatic rings. The van der Waals surface area contributed by atoms with Crippen molar-refractivity contribution in [3.63, 3.8) is 0 Å². The van der Waals surface area contributed by atoms with Crippen LogP contribution < -0.4 is 21.4 Å². The van der Waals surface area contributed by atoms with E-state index in [9.17, 15) is 0 Å². The Morgan fingerprint density at radius 2 is 0.583 bits per heavy atom. The highest BCUT2D eigenvalue weighted by atomic mass is 14.4. The van der Waals surface area contributed by atoms with Crippen LogP contribution in [-0.4, -0.2) is 0 Å². The highest BCUT2D eigenvalue weighted by Crippen LogP contribution is 2.26. The fourth-order valence-electron chi connectivity index (χ4n) is 3.89. The van der Waals surface area contributed by atoms with Crippen LogP contribution in [0, 0.1) is 42.5 Å². The van der Waals surface area contributed by atoms with Gasteiger partial charge < -0.3 is 21.6 Å². The van der Waals surface area contributed by atoms with E-state index in [0.29, 0.717) is 31.9 Å². The van der Waals surface area contributed by atoms with Gasteiger partial charge in [0.25, 0.3) is 0 Å². The summed E-state index contributed by atoms with van der Waals surface area (Å²) in [4.78, 5) is 0. The van der Waals surface area contributed by atoms with Crippen molar-refractivity contribution in [2.24, 2.45) is 0 Å². The lowest BCUT2D eigenvalue weighted by atomic mass is 9.92. The largest absolute Gasteiger partial charge is 0.300 e. The Labute approximate surface area is 134 Å². The highest BCUT2D eigenvalue weighted by Gasteiger charge is 2.11. The van der Waals surface area contributed by atoms with Gasteiger partial charge in [-0.2, -0.15) is 0 Å². The van der Waals surface area contributed by atoms with Crippen molar-refractivity contribution < 1.29 is 0 Å². The van der Waals surface area contributed by atoms with Crippen LogP contribution in [0.2, 0.25) is 0 Å². The van der Waals surface area contributed by atoms with Crippen LogP contribution in [0.25, 0.3) is 21.5 Å². The van der Waals surface area contributed by atoms with Gasteiger partial charge in [-0.25, -0.2) is 0 Å². The van der Waals surface area contributed by atoms with Crippen LogP contribution in [0.3, 0.4) is 0 Å². The summed E-state index contributed by atoms with van der Waals surface area (Å²) in [5, 5.41) is 41.4. The minimum atomic E-state index is 0.356. The van der Waals surface area contributed by atoms with Crippen molar-refractivity contribution in [3.05, 3.63) is 90.8 Å². The van der Waals surface area contributed by atoms with E-state index in [1.165, 1.54) is 0 Å². The second-order valence-electron chi connectivity index (χ2n) is 6.14. The van der Waals surface area contributed by atoms with Crippen LogP contribution in [0.1, 0.15) is 0 Å². The Morgan fingerprint density at radius 1 is 0.333 bits per heavy atom. The number of hydrogen-bond acceptors (Lipinski definition) is 4. The Bertz CT molecular complexity index is 1380. The second kappa shape index (κ2) is 4.11. The van der Waals surface area contributed by atoms with Crippen LogP contribution in [-0.2, 0) is 0 Å². The zero-order chi connectivity index (χ0) is 16.6. The lowest BCUT2D eigenvalue weighted by Crippen LogP contribution is -2.17. The first kappa shape index (κ1) is 13.1. The van der Waals surface area contributed by atoms with Gasteiger partial charge in [-0.05, 0) is 45.8 Å². The Morgan fingerprint density at radius 3 is 0.833 bits per heavy atom. The molecule has 4 N–H and O–H groups in total. The van der Waals surface area contributed by atoms with E-state index < -0.39 is 0 Å². The zero-order valence-electron chi connectivity index (χ0n) is 12.6. The molecule has 5 rings (SSSR count). The third-order valence-electron chi connectivity index (χ3n) is 4.90. The molecule has 112 valence electrons. The minimum Gasteiger partial charge on any atom is -0.300 e. The van der Waals surface area contributed by atoms with E-state index >= 15 is 0 Å². The van der Waals surface area contributed by atoms with Crippen molar-refractivity contribution >= 4 is 21.5 Å². The summed E-state index contributed by atoms with van der Waals surface area (Å²) in [5.74, 6) is 0. The molecule has 0 bridgehead atoms. The first-order chi connectivity index (χ1) is 11.6. The average Bonchev–Trinajstić information content (AvgIpc) is 2.57. The van der Waals surface area contributed by atoms with E-state index in [2.05, 4.69) is 0 Å². The molecule has 0 aliphatic heterocycles. The summed E-state index contributed by atoms with van der Waals surface area (Å²) in [6, 6.07) is 14.6. The van der Waals surface area contributed by atoms with Crippen LogP contribution in [0.4, 0.5) is 0 Å². The first-order valence-corrected chi connectivity index (χ1v) is 7.64. The quantitative estimate of drug-likeness (QED) is 0.335. The molecule has 0 atom stereocenters. The predicted molar refractivity (Wildman–Crippen MR) is 89.0 cm³/mol. The molecular formula is C20H12N4. The maximum atomic E-state index is 8.22. The van der Waals surface area contributed by atoms with Crippen molar-refractivity contribution in [1.82, 2.24) is 0 Å². The Kier molecular flexibility index (Phi) is 2.24. The Balaban J connectivity index is 2.48. The molecule has 0 aromatic heterocycles. The molecule has 4 nitrogen and oxygen atoms in total. The summed E-state index contributed by atoms with van der Waals surface area (Å²) in [7, 11) is 0. The molecule has 1 aromatic carbocycles. The van der Waals surface area contributed by atoms with Gasteiger partial charge in [0.1, 0.15) is 0 Å². The summed E-state index contributed by atoms with van der Waals surface area (Å²) < 4.78 is 0. The standard InChI is InChI=1S/C20H12N4/c21-13-5-1-9-10-2-6-15(23)20-16(24)8-4-12(18(10)20)11-3-7-14(22)19(13)17(9)11/h1-8,21-24H. The molecule has 24 heavy (non-hydrogen) atoms. The normalized spacial score (nSPS) is 12.0. The molecule has 4 aliphatic rings. The average molecular weight is 308 g/mol. The molecule has 0 saturated carbocycles. The van der Waals surface area contributed by atoms with Crippen molar-refractivity contribution in [3.8, 4) is 0 Å². The summed E-state index contributed by atoms with van der Waals surface area (Å²) in [6.45, 7) is 0. The van der Waals surface area contributed by atoms with Crippen molar-refractivity contribution in [1.29, 1.82) is 21.6 Å². The Hall–Kier alpha value is -3.40. The van der Waals surface area contributed by atoms with Crippen LogP contribution >= 0.6 is 0 Å². The minimum absolute atomic E-state index is 0.356. The summed E-state index contributed by atoms with van der Waals surface area (Å²) in [5.41, 5.74) is 0. The number of nitrogens with one attached hydrogen (secondary N) is 4. The lowest BCUT2D eigenvalue weighted by molar-refractivity contribution is 1.15. The molecule has 0 saturated heterocycles. The molecule has 0 unspecified atom stereocenters. The lowest BCUT2D eigenvalue weighted by Gasteiger charge is -2.10. The van der Waals surface area contributed by atoms with Gasteiger partial charge in [0.05, 0.1) is 21.4 Å².